The molecule has 3 N–H and O–H groups in total. The molecule has 1 aliphatic heterocycles. The lowest BCUT2D eigenvalue weighted by Crippen LogP contribution is -2.14. The van der Waals surface area contributed by atoms with E-state index in [2.05, 4.69) is 27.3 Å². The normalized spacial score (nSPS) is 13.2. The summed E-state index contributed by atoms with van der Waals surface area (Å²) in [5.41, 5.74) is 8.03. The summed E-state index contributed by atoms with van der Waals surface area (Å²) in [4.78, 5) is 11.6. The molecule has 0 bridgehead atoms. The predicted molar refractivity (Wildman–Crippen MR) is 86.0 cm³/mol. The highest BCUT2D eigenvalue weighted by atomic mass is 79.9. The van der Waals surface area contributed by atoms with Crippen molar-refractivity contribution >= 4 is 27.5 Å². The van der Waals surface area contributed by atoms with Gasteiger partial charge in [0.25, 0.3) is 5.91 Å². The minimum absolute atomic E-state index is 0.353. The fraction of sp³-hybridized carbons (Fsp3) is 0.188. The zero-order chi connectivity index (χ0) is 14.8. The first-order valence-corrected chi connectivity index (χ1v) is 7.58. The molecule has 1 aliphatic rings. The number of primary amides is 1. The van der Waals surface area contributed by atoms with Crippen molar-refractivity contribution in [3.8, 4) is 11.5 Å². The van der Waals surface area contributed by atoms with E-state index in [4.69, 9.17) is 10.5 Å². The summed E-state index contributed by atoms with van der Waals surface area (Å²) in [5, 5.41) is 3.36. The molecule has 0 saturated heterocycles. The van der Waals surface area contributed by atoms with E-state index in [1.165, 1.54) is 5.56 Å². The zero-order valence-corrected chi connectivity index (χ0v) is 12.9. The predicted octanol–water partition coefficient (Wildman–Crippen LogP) is 3.70. The third-order valence-electron chi connectivity index (χ3n) is 3.48. The summed E-state index contributed by atoms with van der Waals surface area (Å²) in [5.74, 6) is 0.653. The Morgan fingerprint density at radius 1 is 1.19 bits per heavy atom. The second-order valence-electron chi connectivity index (χ2n) is 4.90. The van der Waals surface area contributed by atoms with E-state index in [1.807, 2.05) is 18.2 Å². The van der Waals surface area contributed by atoms with Gasteiger partial charge in [-0.25, -0.2) is 0 Å². The number of hydrogen-bond donors (Lipinski definition) is 2. The van der Waals surface area contributed by atoms with Crippen LogP contribution in [0.2, 0.25) is 0 Å². The van der Waals surface area contributed by atoms with Crippen LogP contribution in [0.25, 0.3) is 0 Å². The van der Waals surface area contributed by atoms with Crippen LogP contribution in [0.4, 0.5) is 5.69 Å². The molecule has 3 rings (SSSR count). The zero-order valence-electron chi connectivity index (χ0n) is 11.4. The number of rotatable bonds is 3. The van der Waals surface area contributed by atoms with E-state index in [9.17, 15) is 4.79 Å². The van der Waals surface area contributed by atoms with Crippen LogP contribution in [0.1, 0.15) is 22.3 Å². The summed E-state index contributed by atoms with van der Waals surface area (Å²) in [7, 11) is 0. The standard InChI is InChI=1S/C16H15BrN2O2/c17-11-6-2-7-12(14(11)16(18)20)21-13-8-1-4-10-5-3-9-19-15(10)13/h1-2,4,6-8,19H,3,5,9H2,(H2,18,20). The van der Waals surface area contributed by atoms with Crippen molar-refractivity contribution in [3.05, 3.63) is 52.0 Å². The topological polar surface area (TPSA) is 64.4 Å². The number of nitrogens with two attached hydrogens (primary N) is 1. The van der Waals surface area contributed by atoms with Gasteiger partial charge in [0.05, 0.1) is 11.3 Å². The van der Waals surface area contributed by atoms with Gasteiger partial charge in [0.2, 0.25) is 0 Å². The van der Waals surface area contributed by atoms with Crippen LogP contribution in [0.15, 0.2) is 40.9 Å². The number of anilines is 1. The molecule has 4 nitrogen and oxygen atoms in total. The summed E-state index contributed by atoms with van der Waals surface area (Å²) >= 11 is 3.34. The highest BCUT2D eigenvalue weighted by molar-refractivity contribution is 9.10. The lowest BCUT2D eigenvalue weighted by molar-refractivity contribution is 0.0997. The van der Waals surface area contributed by atoms with E-state index in [-0.39, 0.29) is 0 Å². The number of carbonyl (C=O) groups excluding carboxylic acids is 1. The van der Waals surface area contributed by atoms with E-state index in [0.29, 0.717) is 21.5 Å². The molecule has 2 aromatic carbocycles. The third kappa shape index (κ3) is 2.74. The van der Waals surface area contributed by atoms with Crippen molar-refractivity contribution in [1.29, 1.82) is 0 Å². The van der Waals surface area contributed by atoms with Gasteiger partial charge in [-0.05, 0) is 52.5 Å². The van der Waals surface area contributed by atoms with Gasteiger partial charge in [0.15, 0.2) is 5.75 Å². The lowest BCUT2D eigenvalue weighted by atomic mass is 10.0. The fourth-order valence-electron chi connectivity index (χ4n) is 2.51. The molecule has 0 unspecified atom stereocenters. The van der Waals surface area contributed by atoms with Crippen molar-refractivity contribution in [2.24, 2.45) is 5.73 Å². The minimum atomic E-state index is -0.518. The van der Waals surface area contributed by atoms with E-state index in [0.717, 1.165) is 25.1 Å². The van der Waals surface area contributed by atoms with Crippen LogP contribution in [-0.2, 0) is 6.42 Å². The first-order chi connectivity index (χ1) is 10.2. The summed E-state index contributed by atoms with van der Waals surface area (Å²) in [6.45, 7) is 0.925. The number of benzene rings is 2. The average Bonchev–Trinajstić information content (AvgIpc) is 2.47. The van der Waals surface area contributed by atoms with E-state index < -0.39 is 5.91 Å². The Balaban J connectivity index is 2.02. The first kappa shape index (κ1) is 13.9. The number of hydrogen-bond acceptors (Lipinski definition) is 3. The van der Waals surface area contributed by atoms with Crippen LogP contribution in [-0.4, -0.2) is 12.5 Å². The Morgan fingerprint density at radius 2 is 1.95 bits per heavy atom. The van der Waals surface area contributed by atoms with E-state index in [1.54, 1.807) is 12.1 Å². The van der Waals surface area contributed by atoms with Gasteiger partial charge in [-0.1, -0.05) is 18.2 Å². The maximum atomic E-state index is 11.6. The molecule has 0 radical (unpaired) electrons. The fourth-order valence-corrected chi connectivity index (χ4v) is 3.05. The van der Waals surface area contributed by atoms with Crippen molar-refractivity contribution in [1.82, 2.24) is 0 Å². The van der Waals surface area contributed by atoms with Crippen molar-refractivity contribution in [2.75, 3.05) is 11.9 Å². The average molecular weight is 347 g/mol. The Morgan fingerprint density at radius 3 is 2.76 bits per heavy atom. The molecule has 0 aliphatic carbocycles. The molecule has 0 spiro atoms. The Kier molecular flexibility index (Phi) is 3.84. The van der Waals surface area contributed by atoms with Crippen molar-refractivity contribution in [3.63, 3.8) is 0 Å². The monoisotopic (exact) mass is 346 g/mol. The van der Waals surface area contributed by atoms with Crippen LogP contribution in [0.3, 0.4) is 0 Å². The number of para-hydroxylation sites is 1. The van der Waals surface area contributed by atoms with Gasteiger partial charge in [-0.15, -0.1) is 0 Å². The number of halogens is 1. The van der Waals surface area contributed by atoms with Crippen LogP contribution in [0.5, 0.6) is 11.5 Å². The highest BCUT2D eigenvalue weighted by Crippen LogP contribution is 2.37. The lowest BCUT2D eigenvalue weighted by Gasteiger charge is -2.21. The molecule has 5 heteroatoms. The van der Waals surface area contributed by atoms with Gasteiger partial charge >= 0.3 is 0 Å². The molecule has 0 atom stereocenters. The number of nitrogens with one attached hydrogen (secondary N) is 1. The summed E-state index contributed by atoms with van der Waals surface area (Å²) in [6.07, 6.45) is 2.14. The number of amides is 1. The summed E-state index contributed by atoms with van der Waals surface area (Å²) < 4.78 is 6.59. The second-order valence-corrected chi connectivity index (χ2v) is 5.75. The SMILES string of the molecule is NC(=O)c1c(Br)cccc1Oc1cccc2c1NCCC2. The molecule has 21 heavy (non-hydrogen) atoms. The van der Waals surface area contributed by atoms with Crippen molar-refractivity contribution in [2.45, 2.75) is 12.8 Å². The van der Waals surface area contributed by atoms with E-state index >= 15 is 0 Å². The van der Waals surface area contributed by atoms with Gasteiger partial charge in [0, 0.05) is 11.0 Å². The van der Waals surface area contributed by atoms with Gasteiger partial charge in [-0.3, -0.25) is 4.79 Å². The van der Waals surface area contributed by atoms with Gasteiger partial charge in [-0.2, -0.15) is 0 Å². The molecule has 0 saturated carbocycles. The van der Waals surface area contributed by atoms with Crippen molar-refractivity contribution < 1.29 is 9.53 Å². The summed E-state index contributed by atoms with van der Waals surface area (Å²) in [6, 6.07) is 11.3. The quantitative estimate of drug-likeness (QED) is 0.890. The number of ether oxygens (including phenoxy) is 1. The third-order valence-corrected chi connectivity index (χ3v) is 4.14. The van der Waals surface area contributed by atoms with Gasteiger partial charge < -0.3 is 15.8 Å². The smallest absolute Gasteiger partial charge is 0.253 e. The van der Waals surface area contributed by atoms with Crippen LogP contribution in [0, 0.1) is 0 Å². The molecule has 108 valence electrons. The maximum Gasteiger partial charge on any atom is 0.253 e. The maximum absolute atomic E-state index is 11.6. The highest BCUT2D eigenvalue weighted by Gasteiger charge is 2.18. The molecule has 0 aromatic heterocycles. The number of fused-ring (bicyclic) bond motifs is 1. The molecule has 1 heterocycles. The molecular formula is C16H15BrN2O2. The largest absolute Gasteiger partial charge is 0.454 e. The number of carbonyl (C=O) groups is 1. The van der Waals surface area contributed by atoms with Crippen LogP contribution < -0.4 is 15.8 Å². The Labute approximate surface area is 131 Å². The number of aryl methyl sites for hydroxylation is 1. The molecule has 2 aromatic rings. The second kappa shape index (κ2) is 5.77. The molecule has 0 fully saturated rings. The molecule has 1 amide bonds. The molecular weight excluding hydrogens is 332 g/mol. The Hall–Kier alpha value is -2.01. The van der Waals surface area contributed by atoms with Gasteiger partial charge in [0.1, 0.15) is 5.75 Å². The minimum Gasteiger partial charge on any atom is -0.454 e. The van der Waals surface area contributed by atoms with Crippen LogP contribution >= 0.6 is 15.9 Å². The Bertz CT molecular complexity index is 701. The first-order valence-electron chi connectivity index (χ1n) is 6.79.